The van der Waals surface area contributed by atoms with Crippen LogP contribution in [0.4, 0.5) is 0 Å². The third-order valence-electron chi connectivity index (χ3n) is 3.55. The van der Waals surface area contributed by atoms with Gasteiger partial charge in [0, 0.05) is 27.9 Å². The predicted octanol–water partition coefficient (Wildman–Crippen LogP) is 4.24. The molecule has 22 heavy (non-hydrogen) atoms. The molecule has 1 aromatic carbocycles. The van der Waals surface area contributed by atoms with Crippen molar-refractivity contribution in [3.8, 4) is 11.3 Å². The molecule has 0 aliphatic heterocycles. The van der Waals surface area contributed by atoms with Gasteiger partial charge in [-0.1, -0.05) is 25.1 Å². The second-order valence-electron chi connectivity index (χ2n) is 5.36. The van der Waals surface area contributed by atoms with Crippen molar-refractivity contribution in [2.24, 2.45) is 0 Å². The number of carbonyl (C=O) groups is 1. The molecule has 0 bridgehead atoms. The largest absolute Gasteiger partial charge is 0.481 e. The number of pyridine rings is 1. The van der Waals surface area contributed by atoms with Crippen LogP contribution in [0.1, 0.15) is 29.1 Å². The fourth-order valence-corrected chi connectivity index (χ4v) is 3.54. The molecule has 0 aliphatic carbocycles. The molecule has 1 unspecified atom stereocenters. The fourth-order valence-electron chi connectivity index (χ4n) is 2.54. The van der Waals surface area contributed by atoms with Crippen molar-refractivity contribution in [2.45, 2.75) is 26.2 Å². The van der Waals surface area contributed by atoms with Gasteiger partial charge in [-0.25, -0.2) is 4.98 Å². The summed E-state index contributed by atoms with van der Waals surface area (Å²) in [6.07, 6.45) is 1.92. The lowest BCUT2D eigenvalue weighted by Crippen LogP contribution is -2.02. The smallest absolute Gasteiger partial charge is 0.303 e. The first-order chi connectivity index (χ1) is 10.5. The summed E-state index contributed by atoms with van der Waals surface area (Å²) in [4.78, 5) is 21.1. The molecule has 5 heteroatoms. The highest BCUT2D eigenvalue weighted by molar-refractivity contribution is 7.12. The lowest BCUT2D eigenvalue weighted by atomic mass is 10.0. The maximum atomic E-state index is 11.0. The lowest BCUT2D eigenvalue weighted by molar-refractivity contribution is -0.137. The van der Waals surface area contributed by atoms with Crippen molar-refractivity contribution in [1.29, 1.82) is 0 Å². The van der Waals surface area contributed by atoms with Gasteiger partial charge in [0.2, 0.25) is 0 Å². The van der Waals surface area contributed by atoms with Gasteiger partial charge in [0.25, 0.3) is 0 Å². The van der Waals surface area contributed by atoms with E-state index in [-0.39, 0.29) is 12.3 Å². The van der Waals surface area contributed by atoms with Crippen LogP contribution >= 0.6 is 11.3 Å². The summed E-state index contributed by atoms with van der Waals surface area (Å²) in [5.74, 6) is -0.855. The Morgan fingerprint density at radius 3 is 2.91 bits per heavy atom. The highest BCUT2D eigenvalue weighted by Crippen LogP contribution is 2.35. The molecule has 0 amide bonds. The number of rotatable bonds is 4. The molecule has 3 aromatic rings. The van der Waals surface area contributed by atoms with Crippen molar-refractivity contribution >= 4 is 28.2 Å². The first-order valence-electron chi connectivity index (χ1n) is 7.09. The molecule has 2 heterocycles. The number of hydrogen-bond acceptors (Lipinski definition) is 4. The lowest BCUT2D eigenvalue weighted by Gasteiger charge is -2.09. The fraction of sp³-hybridized carbons (Fsp3) is 0.235. The minimum absolute atomic E-state index is 0.0647. The van der Waals surface area contributed by atoms with E-state index in [1.54, 1.807) is 11.3 Å². The van der Waals surface area contributed by atoms with Crippen LogP contribution in [0.3, 0.4) is 0 Å². The first kappa shape index (κ1) is 14.7. The minimum Gasteiger partial charge on any atom is -0.481 e. The maximum Gasteiger partial charge on any atom is 0.303 e. The summed E-state index contributed by atoms with van der Waals surface area (Å²) in [5, 5.41) is 11.0. The average molecular weight is 312 g/mol. The van der Waals surface area contributed by atoms with Crippen LogP contribution in [-0.2, 0) is 4.79 Å². The van der Waals surface area contributed by atoms with Crippen molar-refractivity contribution in [2.75, 3.05) is 0 Å². The van der Waals surface area contributed by atoms with Crippen LogP contribution in [0.15, 0.2) is 36.5 Å². The molecule has 1 N–H and O–H groups in total. The standard InChI is InChI=1S/C17H16N2O2S/c1-10(7-15(20)21)17-16(19-11(2)22-17)13-8-12-5-3-4-6-14(12)18-9-13/h3-6,8-10H,7H2,1-2H3,(H,20,21). The normalized spacial score (nSPS) is 12.5. The number of aryl methyl sites for hydroxylation is 1. The maximum absolute atomic E-state index is 11.0. The van der Waals surface area contributed by atoms with Crippen LogP contribution in [0.2, 0.25) is 0 Å². The molecule has 0 saturated carbocycles. The molecule has 3 rings (SSSR count). The van der Waals surface area contributed by atoms with Crippen molar-refractivity contribution < 1.29 is 9.90 Å². The number of carboxylic acid groups (broad SMARTS) is 1. The Morgan fingerprint density at radius 2 is 2.14 bits per heavy atom. The van der Waals surface area contributed by atoms with E-state index in [1.165, 1.54) is 0 Å². The van der Waals surface area contributed by atoms with Crippen molar-refractivity contribution in [3.63, 3.8) is 0 Å². The topological polar surface area (TPSA) is 63.1 Å². The van der Waals surface area contributed by atoms with Crippen molar-refractivity contribution in [1.82, 2.24) is 9.97 Å². The predicted molar refractivity (Wildman–Crippen MR) is 88.3 cm³/mol. The van der Waals surface area contributed by atoms with Gasteiger partial charge in [0.1, 0.15) is 0 Å². The first-order valence-corrected chi connectivity index (χ1v) is 7.90. The van der Waals surface area contributed by atoms with E-state index in [9.17, 15) is 4.79 Å². The van der Waals surface area contributed by atoms with E-state index in [4.69, 9.17) is 5.11 Å². The third-order valence-corrected chi connectivity index (χ3v) is 4.75. The molecule has 4 nitrogen and oxygen atoms in total. The molecule has 0 radical (unpaired) electrons. The van der Waals surface area contributed by atoms with E-state index in [1.807, 2.05) is 44.3 Å². The Balaban J connectivity index is 2.08. The molecular formula is C17H16N2O2S. The molecule has 0 fully saturated rings. The molecule has 112 valence electrons. The van der Waals surface area contributed by atoms with Crippen LogP contribution < -0.4 is 0 Å². The summed E-state index contributed by atoms with van der Waals surface area (Å²) in [6, 6.07) is 10.00. The van der Waals surface area contributed by atoms with Gasteiger partial charge in [-0.15, -0.1) is 11.3 Å². The molecule has 1 atom stereocenters. The van der Waals surface area contributed by atoms with Crippen molar-refractivity contribution in [3.05, 3.63) is 46.4 Å². The van der Waals surface area contributed by atoms with Crippen LogP contribution in [0.25, 0.3) is 22.2 Å². The monoisotopic (exact) mass is 312 g/mol. The SMILES string of the molecule is Cc1nc(-c2cnc3ccccc3c2)c(C(C)CC(=O)O)s1. The van der Waals surface area contributed by atoms with Crippen LogP contribution in [-0.4, -0.2) is 21.0 Å². The molecule has 2 aromatic heterocycles. The zero-order valence-electron chi connectivity index (χ0n) is 12.4. The number of fused-ring (bicyclic) bond motifs is 1. The Kier molecular flexibility index (Phi) is 3.90. The number of hydrogen-bond donors (Lipinski definition) is 1. The van der Waals surface area contributed by atoms with Crippen LogP contribution in [0.5, 0.6) is 0 Å². The number of carboxylic acids is 1. The second kappa shape index (κ2) is 5.85. The van der Waals surface area contributed by atoms with E-state index in [0.717, 1.165) is 32.0 Å². The number of aliphatic carboxylic acids is 1. The number of aromatic nitrogens is 2. The zero-order valence-corrected chi connectivity index (χ0v) is 13.2. The van der Waals surface area contributed by atoms with Gasteiger partial charge in [0.05, 0.1) is 22.6 Å². The van der Waals surface area contributed by atoms with Crippen LogP contribution in [0, 0.1) is 6.92 Å². The highest BCUT2D eigenvalue weighted by Gasteiger charge is 2.19. The summed E-state index contributed by atoms with van der Waals surface area (Å²) in [5.41, 5.74) is 2.74. The Bertz CT molecular complexity index is 842. The minimum atomic E-state index is -0.791. The quantitative estimate of drug-likeness (QED) is 0.782. The Morgan fingerprint density at radius 1 is 1.36 bits per heavy atom. The van der Waals surface area contributed by atoms with Gasteiger partial charge >= 0.3 is 5.97 Å². The van der Waals surface area contributed by atoms with E-state index < -0.39 is 5.97 Å². The van der Waals surface area contributed by atoms with Gasteiger partial charge in [-0.3, -0.25) is 9.78 Å². The number of nitrogens with zero attached hydrogens (tertiary/aromatic N) is 2. The summed E-state index contributed by atoms with van der Waals surface area (Å²) in [7, 11) is 0. The van der Waals surface area contributed by atoms with E-state index in [2.05, 4.69) is 16.0 Å². The van der Waals surface area contributed by atoms with Gasteiger partial charge in [0.15, 0.2) is 0 Å². The summed E-state index contributed by atoms with van der Waals surface area (Å²) < 4.78 is 0. The van der Waals surface area contributed by atoms with Gasteiger partial charge < -0.3 is 5.11 Å². The van der Waals surface area contributed by atoms with Gasteiger partial charge in [-0.2, -0.15) is 0 Å². The Labute approximate surface area is 132 Å². The Hall–Kier alpha value is -2.27. The highest BCUT2D eigenvalue weighted by atomic mass is 32.1. The second-order valence-corrected chi connectivity index (χ2v) is 6.60. The summed E-state index contributed by atoms with van der Waals surface area (Å²) in [6.45, 7) is 3.87. The zero-order chi connectivity index (χ0) is 15.7. The number of thiazole rings is 1. The third kappa shape index (κ3) is 2.85. The number of benzene rings is 1. The van der Waals surface area contributed by atoms with Gasteiger partial charge in [-0.05, 0) is 19.1 Å². The number of para-hydroxylation sites is 1. The van der Waals surface area contributed by atoms with E-state index in [0.29, 0.717) is 0 Å². The van der Waals surface area contributed by atoms with E-state index >= 15 is 0 Å². The summed E-state index contributed by atoms with van der Waals surface area (Å²) >= 11 is 1.56. The average Bonchev–Trinajstić information content (AvgIpc) is 2.88. The molecular weight excluding hydrogens is 296 g/mol. The molecule has 0 aliphatic rings. The molecule has 0 spiro atoms. The molecule has 0 saturated heterocycles.